The summed E-state index contributed by atoms with van der Waals surface area (Å²) in [6.45, 7) is 11.2. The van der Waals surface area contributed by atoms with Crippen molar-refractivity contribution in [1.82, 2.24) is 14.9 Å². The molecule has 1 amide bonds. The maximum absolute atomic E-state index is 12.8. The molecular formula is C20H25N3O2. The number of nitrogens with zero attached hydrogens (tertiary/aromatic N) is 2. The standard InChI is InChI=1S/C20H25N3O2/c1-12-13(2)22-18(24)17(21-12)19(25)23-9-8-14-6-7-16(20(3,4)5)10-15(14)11-23/h6-7,10H,8-9,11H2,1-5H3,(H,22,24). The second-order valence-electron chi connectivity index (χ2n) is 7.84. The number of hydrogen-bond donors (Lipinski definition) is 1. The predicted molar refractivity (Wildman–Crippen MR) is 97.9 cm³/mol. The van der Waals surface area contributed by atoms with Crippen LogP contribution in [-0.4, -0.2) is 27.3 Å². The van der Waals surface area contributed by atoms with E-state index < -0.39 is 5.56 Å². The summed E-state index contributed by atoms with van der Waals surface area (Å²) in [5.74, 6) is -0.295. The van der Waals surface area contributed by atoms with Gasteiger partial charge in [-0.3, -0.25) is 9.59 Å². The second kappa shape index (κ2) is 6.14. The SMILES string of the molecule is Cc1nc(C(=O)N2CCc3ccc(C(C)(C)C)cc3C2)c(=O)[nH]c1C. The van der Waals surface area contributed by atoms with Gasteiger partial charge in [-0.15, -0.1) is 0 Å². The highest BCUT2D eigenvalue weighted by Gasteiger charge is 2.26. The number of aromatic amines is 1. The molecule has 5 heteroatoms. The van der Waals surface area contributed by atoms with Gasteiger partial charge in [-0.05, 0) is 42.4 Å². The second-order valence-corrected chi connectivity index (χ2v) is 7.84. The molecule has 0 saturated heterocycles. The molecule has 3 rings (SSSR count). The monoisotopic (exact) mass is 339 g/mol. The van der Waals surface area contributed by atoms with Gasteiger partial charge in [0.15, 0.2) is 5.69 Å². The smallest absolute Gasteiger partial charge is 0.279 e. The van der Waals surface area contributed by atoms with E-state index in [2.05, 4.69) is 48.9 Å². The molecule has 1 N–H and O–H groups in total. The van der Waals surface area contributed by atoms with Crippen LogP contribution in [0.1, 0.15) is 59.3 Å². The zero-order chi connectivity index (χ0) is 18.4. The average molecular weight is 339 g/mol. The van der Waals surface area contributed by atoms with Crippen LogP contribution in [0, 0.1) is 13.8 Å². The van der Waals surface area contributed by atoms with E-state index in [0.29, 0.717) is 24.5 Å². The number of hydrogen-bond acceptors (Lipinski definition) is 3. The first-order chi connectivity index (χ1) is 11.7. The molecule has 5 nitrogen and oxygen atoms in total. The molecule has 2 heterocycles. The Morgan fingerprint density at radius 3 is 2.60 bits per heavy atom. The van der Waals surface area contributed by atoms with Crippen molar-refractivity contribution in [3.8, 4) is 0 Å². The van der Waals surface area contributed by atoms with Gasteiger partial charge in [-0.1, -0.05) is 39.0 Å². The Hall–Kier alpha value is -2.43. The zero-order valence-corrected chi connectivity index (χ0v) is 15.6. The summed E-state index contributed by atoms with van der Waals surface area (Å²) in [7, 11) is 0. The number of H-pyrrole nitrogens is 1. The van der Waals surface area contributed by atoms with Crippen molar-refractivity contribution in [2.45, 2.75) is 53.0 Å². The topological polar surface area (TPSA) is 66.1 Å². The number of aromatic nitrogens is 2. The lowest BCUT2D eigenvalue weighted by Gasteiger charge is -2.30. The Labute approximate surface area is 148 Å². The van der Waals surface area contributed by atoms with Crippen molar-refractivity contribution in [3.05, 3.63) is 62.3 Å². The summed E-state index contributed by atoms with van der Waals surface area (Å²) in [5.41, 5.74) is 4.69. The van der Waals surface area contributed by atoms with Crippen molar-refractivity contribution in [3.63, 3.8) is 0 Å². The Bertz CT molecular complexity index is 891. The highest BCUT2D eigenvalue weighted by atomic mass is 16.2. The first-order valence-electron chi connectivity index (χ1n) is 8.66. The number of amides is 1. The fourth-order valence-electron chi connectivity index (χ4n) is 3.11. The Morgan fingerprint density at radius 2 is 1.92 bits per heavy atom. The quantitative estimate of drug-likeness (QED) is 0.869. The number of rotatable bonds is 1. The van der Waals surface area contributed by atoms with E-state index in [1.165, 1.54) is 11.1 Å². The number of aryl methyl sites for hydroxylation is 2. The minimum atomic E-state index is -0.415. The van der Waals surface area contributed by atoms with Gasteiger partial charge < -0.3 is 9.88 Å². The Balaban J connectivity index is 1.91. The summed E-state index contributed by atoms with van der Waals surface area (Å²) in [5, 5.41) is 0. The van der Waals surface area contributed by atoms with Gasteiger partial charge in [0.05, 0.1) is 5.69 Å². The van der Waals surface area contributed by atoms with Crippen LogP contribution < -0.4 is 5.56 Å². The van der Waals surface area contributed by atoms with Gasteiger partial charge in [-0.25, -0.2) is 4.98 Å². The third-order valence-corrected chi connectivity index (χ3v) is 4.91. The number of nitrogens with one attached hydrogen (secondary N) is 1. The van der Waals surface area contributed by atoms with E-state index in [-0.39, 0.29) is 17.0 Å². The molecule has 0 fully saturated rings. The van der Waals surface area contributed by atoms with E-state index in [0.717, 1.165) is 12.0 Å². The number of carbonyl (C=O) groups excluding carboxylic acids is 1. The number of fused-ring (bicyclic) bond motifs is 1. The van der Waals surface area contributed by atoms with Crippen LogP contribution in [0.4, 0.5) is 0 Å². The molecule has 25 heavy (non-hydrogen) atoms. The third-order valence-electron chi connectivity index (χ3n) is 4.91. The molecule has 1 aliphatic heterocycles. The molecule has 0 atom stereocenters. The molecule has 0 saturated carbocycles. The summed E-state index contributed by atoms with van der Waals surface area (Å²) in [6, 6.07) is 6.53. The zero-order valence-electron chi connectivity index (χ0n) is 15.6. The van der Waals surface area contributed by atoms with Gasteiger partial charge >= 0.3 is 0 Å². The van der Waals surface area contributed by atoms with Crippen molar-refractivity contribution in [2.75, 3.05) is 6.54 Å². The summed E-state index contributed by atoms with van der Waals surface area (Å²) in [4.78, 5) is 33.6. The Morgan fingerprint density at radius 1 is 1.20 bits per heavy atom. The molecule has 0 aliphatic carbocycles. The van der Waals surface area contributed by atoms with Crippen LogP contribution in [0.5, 0.6) is 0 Å². The fraction of sp³-hybridized carbons (Fsp3) is 0.450. The van der Waals surface area contributed by atoms with Gasteiger partial charge in [0.2, 0.25) is 0 Å². The molecule has 0 bridgehead atoms. The van der Waals surface area contributed by atoms with Crippen molar-refractivity contribution >= 4 is 5.91 Å². The van der Waals surface area contributed by atoms with Crippen molar-refractivity contribution in [1.29, 1.82) is 0 Å². The van der Waals surface area contributed by atoms with Crippen molar-refractivity contribution in [2.24, 2.45) is 0 Å². The van der Waals surface area contributed by atoms with Gasteiger partial charge in [0.1, 0.15) is 0 Å². The molecule has 132 valence electrons. The highest BCUT2D eigenvalue weighted by Crippen LogP contribution is 2.27. The molecule has 1 aliphatic rings. The van der Waals surface area contributed by atoms with Crippen molar-refractivity contribution < 1.29 is 4.79 Å². The number of benzene rings is 1. The van der Waals surface area contributed by atoms with Gasteiger partial charge in [0, 0.05) is 18.8 Å². The average Bonchev–Trinajstić information content (AvgIpc) is 2.55. The molecule has 0 spiro atoms. The molecular weight excluding hydrogens is 314 g/mol. The molecule has 1 aromatic carbocycles. The van der Waals surface area contributed by atoms with E-state index in [1.807, 2.05) is 0 Å². The first-order valence-corrected chi connectivity index (χ1v) is 8.66. The highest BCUT2D eigenvalue weighted by molar-refractivity contribution is 5.92. The van der Waals surface area contributed by atoms with Crippen LogP contribution in [0.2, 0.25) is 0 Å². The lowest BCUT2D eigenvalue weighted by atomic mass is 9.84. The Kier molecular flexibility index (Phi) is 4.27. The van der Waals surface area contributed by atoms with Gasteiger partial charge in [-0.2, -0.15) is 0 Å². The largest absolute Gasteiger partial charge is 0.332 e. The summed E-state index contributed by atoms with van der Waals surface area (Å²) < 4.78 is 0. The lowest BCUT2D eigenvalue weighted by molar-refractivity contribution is 0.0726. The van der Waals surface area contributed by atoms with E-state index in [4.69, 9.17) is 0 Å². The third kappa shape index (κ3) is 3.36. The molecule has 0 radical (unpaired) electrons. The lowest BCUT2D eigenvalue weighted by Crippen LogP contribution is -2.39. The molecule has 2 aromatic rings. The minimum absolute atomic E-state index is 0.0153. The fourth-order valence-corrected chi connectivity index (χ4v) is 3.11. The summed E-state index contributed by atoms with van der Waals surface area (Å²) >= 11 is 0. The predicted octanol–water partition coefficient (Wildman–Crippen LogP) is 2.88. The number of carbonyl (C=O) groups is 1. The van der Waals surface area contributed by atoms with Crippen LogP contribution in [0.15, 0.2) is 23.0 Å². The van der Waals surface area contributed by atoms with Crippen LogP contribution >= 0.6 is 0 Å². The normalized spacial score (nSPS) is 14.4. The van der Waals surface area contributed by atoms with Crippen LogP contribution in [0.25, 0.3) is 0 Å². The van der Waals surface area contributed by atoms with Gasteiger partial charge in [0.25, 0.3) is 11.5 Å². The maximum Gasteiger partial charge on any atom is 0.279 e. The summed E-state index contributed by atoms with van der Waals surface area (Å²) in [6.07, 6.45) is 0.800. The minimum Gasteiger partial charge on any atom is -0.332 e. The van der Waals surface area contributed by atoms with Crippen LogP contribution in [-0.2, 0) is 18.4 Å². The van der Waals surface area contributed by atoms with E-state index >= 15 is 0 Å². The maximum atomic E-state index is 12.8. The molecule has 0 unspecified atom stereocenters. The van der Waals surface area contributed by atoms with E-state index in [9.17, 15) is 9.59 Å². The van der Waals surface area contributed by atoms with Crippen LogP contribution in [0.3, 0.4) is 0 Å². The van der Waals surface area contributed by atoms with E-state index in [1.54, 1.807) is 18.7 Å². The molecule has 1 aromatic heterocycles. The first kappa shape index (κ1) is 17.4.